The minimum Gasteiger partial charge on any atom is -0.822 e. The molecule has 0 aliphatic carbocycles. The van der Waals surface area contributed by atoms with E-state index in [4.69, 9.17) is 19.2 Å². The van der Waals surface area contributed by atoms with Crippen LogP contribution in [0.25, 0.3) is 0 Å². The standard InChI is InChI=1S/H3O4P.Sc/c1-5(2,3)4;/h(H3,1,2,3,4);/q;+3/p-3. The summed E-state index contributed by atoms with van der Waals surface area (Å²) in [7, 11) is -5.39. The Morgan fingerprint density at radius 1 is 1.17 bits per heavy atom. The zero-order valence-electron chi connectivity index (χ0n) is 2.66. The summed E-state index contributed by atoms with van der Waals surface area (Å²) >= 11 is 0. The van der Waals surface area contributed by atoms with Gasteiger partial charge in [-0.3, -0.25) is 0 Å². The zero-order valence-corrected chi connectivity index (χ0v) is 5.36. The number of rotatable bonds is 0. The number of phosphoric acid groups is 1. The van der Waals surface area contributed by atoms with Crippen LogP contribution in [0.2, 0.25) is 0 Å². The first kappa shape index (κ1) is 10.1. The quantitative estimate of drug-likeness (QED) is 0.339. The van der Waals surface area contributed by atoms with E-state index in [1.54, 1.807) is 0 Å². The van der Waals surface area contributed by atoms with Gasteiger partial charge in [0.15, 0.2) is 0 Å². The second-order valence-electron chi connectivity index (χ2n) is 0.447. The molecule has 6 heteroatoms. The van der Waals surface area contributed by atoms with Gasteiger partial charge in [-0.05, 0) is 0 Å². The Morgan fingerprint density at radius 2 is 1.17 bits per heavy atom. The summed E-state index contributed by atoms with van der Waals surface area (Å²) in [6, 6.07) is 0. The Labute approximate surface area is 53.2 Å². The summed E-state index contributed by atoms with van der Waals surface area (Å²) in [6.07, 6.45) is 0. The molecule has 0 saturated heterocycles. The van der Waals surface area contributed by atoms with E-state index in [0.717, 1.165) is 0 Å². The van der Waals surface area contributed by atoms with Crippen LogP contribution >= 0.6 is 7.82 Å². The van der Waals surface area contributed by atoms with Gasteiger partial charge in [-0.1, -0.05) is 0 Å². The number of hydrogen-bond acceptors (Lipinski definition) is 4. The average Bonchev–Trinajstić information content (AvgIpc) is 0.722. The molecule has 0 unspecified atom stereocenters. The van der Waals surface area contributed by atoms with E-state index in [-0.39, 0.29) is 25.8 Å². The van der Waals surface area contributed by atoms with Crippen LogP contribution in [0, 0.1) is 0 Å². The molecule has 0 spiro atoms. The first-order valence-electron chi connectivity index (χ1n) is 0.730. The molecule has 6 heavy (non-hydrogen) atoms. The maximum Gasteiger partial charge on any atom is 3.00 e. The van der Waals surface area contributed by atoms with Crippen LogP contribution in [0.3, 0.4) is 0 Å². The van der Waals surface area contributed by atoms with Gasteiger partial charge in [-0.2, -0.15) is 7.82 Å². The molecule has 0 aromatic rings. The van der Waals surface area contributed by atoms with Gasteiger partial charge in [0, 0.05) is 0 Å². The Hall–Kier alpha value is 0.980. The fourth-order valence-corrected chi connectivity index (χ4v) is 0. The van der Waals surface area contributed by atoms with Gasteiger partial charge in [0.25, 0.3) is 0 Å². The molecule has 32 valence electrons. The van der Waals surface area contributed by atoms with Crippen molar-refractivity contribution >= 4 is 7.82 Å². The molecule has 0 atom stereocenters. The molecule has 0 aromatic heterocycles. The van der Waals surface area contributed by atoms with E-state index in [2.05, 4.69) is 0 Å². The van der Waals surface area contributed by atoms with Gasteiger partial charge in [-0.25, -0.2) is 0 Å². The van der Waals surface area contributed by atoms with E-state index < -0.39 is 7.82 Å². The zero-order chi connectivity index (χ0) is 4.50. The summed E-state index contributed by atoms with van der Waals surface area (Å²) in [5.41, 5.74) is 0. The van der Waals surface area contributed by atoms with Gasteiger partial charge < -0.3 is 19.2 Å². The van der Waals surface area contributed by atoms with Gasteiger partial charge >= 0.3 is 25.8 Å². The van der Waals surface area contributed by atoms with Gasteiger partial charge in [0.1, 0.15) is 0 Å². The molecule has 0 N–H and O–H groups in total. The van der Waals surface area contributed by atoms with Gasteiger partial charge in [0.05, 0.1) is 0 Å². The summed E-state index contributed by atoms with van der Waals surface area (Å²) in [5.74, 6) is 0. The summed E-state index contributed by atoms with van der Waals surface area (Å²) in [6.45, 7) is 0. The van der Waals surface area contributed by atoms with Crippen molar-refractivity contribution in [3.05, 3.63) is 0 Å². The third-order valence-corrected chi connectivity index (χ3v) is 0. The Balaban J connectivity index is 0. The van der Waals surface area contributed by atoms with Crippen molar-refractivity contribution in [2.75, 3.05) is 0 Å². The van der Waals surface area contributed by atoms with E-state index in [1.807, 2.05) is 0 Å². The van der Waals surface area contributed by atoms with Crippen LogP contribution in [0.1, 0.15) is 0 Å². The largest absolute Gasteiger partial charge is 3.00 e. The molecule has 0 aliphatic rings. The third-order valence-electron chi connectivity index (χ3n) is 0. The average molecular weight is 140 g/mol. The maximum absolute atomic E-state index is 8.55. The van der Waals surface area contributed by atoms with Crippen LogP contribution in [0.4, 0.5) is 0 Å². The normalized spacial score (nSPS) is 9.83. The molecule has 0 fully saturated rings. The molecular weight excluding hydrogens is 140 g/mol. The van der Waals surface area contributed by atoms with Crippen molar-refractivity contribution in [2.24, 2.45) is 0 Å². The topological polar surface area (TPSA) is 86.2 Å². The SMILES string of the molecule is O=P([O-])([O-])[O-].[Sc+3]. The monoisotopic (exact) mass is 140 g/mol. The predicted octanol–water partition coefficient (Wildman–Crippen LogP) is -2.83. The maximum atomic E-state index is 8.55. The Morgan fingerprint density at radius 3 is 1.17 bits per heavy atom. The summed E-state index contributed by atoms with van der Waals surface area (Å²) in [5, 5.41) is 0. The minimum absolute atomic E-state index is 0. The second kappa shape index (κ2) is 3.04. The first-order chi connectivity index (χ1) is 2.00. The number of hydrogen-bond donors (Lipinski definition) is 0. The van der Waals surface area contributed by atoms with Crippen molar-refractivity contribution in [3.8, 4) is 0 Å². The van der Waals surface area contributed by atoms with E-state index in [1.165, 1.54) is 0 Å². The molecule has 0 rings (SSSR count). The Kier molecular flexibility index (Phi) is 5.11. The third kappa shape index (κ3) is 82.1. The second-order valence-corrected chi connectivity index (χ2v) is 1.34. The van der Waals surface area contributed by atoms with Crippen molar-refractivity contribution in [3.63, 3.8) is 0 Å². The molecule has 0 aromatic carbocycles. The molecule has 0 radical (unpaired) electrons. The summed E-state index contributed by atoms with van der Waals surface area (Å²) in [4.78, 5) is 25.6. The molecule has 0 saturated carbocycles. The van der Waals surface area contributed by atoms with Crippen LogP contribution in [-0.4, -0.2) is 0 Å². The van der Waals surface area contributed by atoms with Crippen LogP contribution < -0.4 is 14.7 Å². The fraction of sp³-hybridized carbons (Fsp3) is 0. The van der Waals surface area contributed by atoms with Crippen LogP contribution in [-0.2, 0) is 30.4 Å². The smallest absolute Gasteiger partial charge is 0.822 e. The van der Waals surface area contributed by atoms with E-state index >= 15 is 0 Å². The van der Waals surface area contributed by atoms with Crippen molar-refractivity contribution in [1.29, 1.82) is 0 Å². The van der Waals surface area contributed by atoms with Crippen LogP contribution in [0.15, 0.2) is 0 Å². The molecule has 0 bridgehead atoms. The summed E-state index contributed by atoms with van der Waals surface area (Å²) < 4.78 is 8.55. The molecule has 0 heterocycles. The minimum atomic E-state index is -5.39. The van der Waals surface area contributed by atoms with E-state index in [9.17, 15) is 0 Å². The molecular formula is O4PSc. The Bertz CT molecular complexity index is 53.7. The fourth-order valence-electron chi connectivity index (χ4n) is 0. The van der Waals surface area contributed by atoms with Crippen molar-refractivity contribution in [1.82, 2.24) is 0 Å². The predicted molar refractivity (Wildman–Crippen MR) is 7.61 cm³/mol. The van der Waals surface area contributed by atoms with Crippen molar-refractivity contribution < 1.29 is 45.1 Å². The first-order valence-corrected chi connectivity index (χ1v) is 2.19. The van der Waals surface area contributed by atoms with Crippen molar-refractivity contribution in [2.45, 2.75) is 0 Å². The molecule has 4 nitrogen and oxygen atoms in total. The van der Waals surface area contributed by atoms with Gasteiger partial charge in [0.2, 0.25) is 0 Å². The molecule has 0 aliphatic heterocycles. The van der Waals surface area contributed by atoms with Gasteiger partial charge in [-0.15, -0.1) is 0 Å². The molecule has 0 amide bonds. The van der Waals surface area contributed by atoms with E-state index in [0.29, 0.717) is 0 Å². The van der Waals surface area contributed by atoms with Crippen LogP contribution in [0.5, 0.6) is 0 Å².